The third-order valence-electron chi connectivity index (χ3n) is 3.11. The molecule has 0 radical (unpaired) electrons. The van der Waals surface area contributed by atoms with Crippen LogP contribution in [0.3, 0.4) is 0 Å². The number of nitrogens with one attached hydrogen (secondary N) is 1. The van der Waals surface area contributed by atoms with Crippen LogP contribution < -0.4 is 5.32 Å². The highest BCUT2D eigenvalue weighted by Crippen LogP contribution is 2.32. The first-order valence-corrected chi connectivity index (χ1v) is 5.20. The predicted molar refractivity (Wildman–Crippen MR) is 57.7 cm³/mol. The zero-order valence-corrected chi connectivity index (χ0v) is 8.73. The largest absolute Gasteiger partial charge is 0.481 e. The number of hydrogen-bond donors (Lipinski definition) is 2. The molecule has 2 N–H and O–H groups in total. The molecule has 2 rings (SSSR count). The maximum atomic E-state index is 11.0. The first-order valence-electron chi connectivity index (χ1n) is 5.20. The molecule has 0 saturated carbocycles. The molecule has 0 bridgehead atoms. The lowest BCUT2D eigenvalue weighted by Crippen LogP contribution is -2.30. The summed E-state index contributed by atoms with van der Waals surface area (Å²) in [7, 11) is 1.88. The number of aliphatic carboxylic acids is 1. The third-order valence-corrected chi connectivity index (χ3v) is 3.11. The number of benzene rings is 1. The molecule has 0 heterocycles. The van der Waals surface area contributed by atoms with Crippen molar-refractivity contribution in [3.05, 3.63) is 35.4 Å². The summed E-state index contributed by atoms with van der Waals surface area (Å²) in [4.78, 5) is 11.0. The summed E-state index contributed by atoms with van der Waals surface area (Å²) in [6, 6.07) is 8.25. The van der Waals surface area contributed by atoms with Crippen LogP contribution in [0.15, 0.2) is 24.3 Å². The average Bonchev–Trinajstić information content (AvgIpc) is 2.27. The fourth-order valence-corrected chi connectivity index (χ4v) is 2.28. The van der Waals surface area contributed by atoms with Gasteiger partial charge >= 0.3 is 5.97 Å². The van der Waals surface area contributed by atoms with Crippen LogP contribution >= 0.6 is 0 Å². The summed E-state index contributed by atoms with van der Waals surface area (Å²) >= 11 is 0. The van der Waals surface area contributed by atoms with E-state index in [4.69, 9.17) is 5.11 Å². The molecule has 3 nitrogen and oxygen atoms in total. The minimum Gasteiger partial charge on any atom is -0.481 e. The van der Waals surface area contributed by atoms with Crippen molar-refractivity contribution in [2.45, 2.75) is 18.9 Å². The first-order chi connectivity index (χ1) is 7.22. The zero-order valence-electron chi connectivity index (χ0n) is 8.73. The van der Waals surface area contributed by atoms with E-state index < -0.39 is 5.97 Å². The van der Waals surface area contributed by atoms with E-state index in [1.165, 1.54) is 5.56 Å². The van der Waals surface area contributed by atoms with Crippen LogP contribution in [0.1, 0.15) is 23.6 Å². The number of carboxylic acids is 1. The van der Waals surface area contributed by atoms with Gasteiger partial charge in [-0.15, -0.1) is 0 Å². The van der Waals surface area contributed by atoms with Gasteiger partial charge in [-0.05, 0) is 31.0 Å². The van der Waals surface area contributed by atoms with Gasteiger partial charge in [0.1, 0.15) is 0 Å². The van der Waals surface area contributed by atoms with Crippen molar-refractivity contribution in [1.82, 2.24) is 5.32 Å². The molecule has 2 atom stereocenters. The SMILES string of the molecule is CNC1CC(C(=O)O)Cc2ccccc21. The van der Waals surface area contributed by atoms with E-state index in [1.54, 1.807) is 0 Å². The highest BCUT2D eigenvalue weighted by Gasteiger charge is 2.29. The Morgan fingerprint density at radius 1 is 1.47 bits per heavy atom. The molecule has 1 aromatic rings. The molecule has 2 unspecified atom stereocenters. The standard InChI is InChI=1S/C12H15NO2/c1-13-11-7-9(12(14)15)6-8-4-2-3-5-10(8)11/h2-5,9,11,13H,6-7H2,1H3,(H,14,15). The van der Waals surface area contributed by atoms with Crippen LogP contribution in [-0.2, 0) is 11.2 Å². The van der Waals surface area contributed by atoms with Gasteiger partial charge in [0.25, 0.3) is 0 Å². The van der Waals surface area contributed by atoms with Gasteiger partial charge in [-0.25, -0.2) is 0 Å². The van der Waals surface area contributed by atoms with Crippen molar-refractivity contribution in [2.75, 3.05) is 7.05 Å². The van der Waals surface area contributed by atoms with E-state index in [9.17, 15) is 4.79 Å². The van der Waals surface area contributed by atoms with Crippen LogP contribution in [0.2, 0.25) is 0 Å². The Hall–Kier alpha value is -1.35. The maximum absolute atomic E-state index is 11.0. The lowest BCUT2D eigenvalue weighted by molar-refractivity contribution is -0.142. The highest BCUT2D eigenvalue weighted by molar-refractivity contribution is 5.71. The van der Waals surface area contributed by atoms with E-state index in [0.717, 1.165) is 5.56 Å². The predicted octanol–water partition coefficient (Wildman–Crippen LogP) is 1.59. The second kappa shape index (κ2) is 4.03. The maximum Gasteiger partial charge on any atom is 0.306 e. The Morgan fingerprint density at radius 3 is 2.87 bits per heavy atom. The lowest BCUT2D eigenvalue weighted by atomic mass is 9.81. The van der Waals surface area contributed by atoms with Crippen LogP contribution in [0, 0.1) is 5.92 Å². The molecular formula is C12H15NO2. The molecule has 0 saturated heterocycles. The Morgan fingerprint density at radius 2 is 2.20 bits per heavy atom. The van der Waals surface area contributed by atoms with E-state index in [-0.39, 0.29) is 12.0 Å². The van der Waals surface area contributed by atoms with Gasteiger partial charge in [-0.1, -0.05) is 24.3 Å². The second-order valence-corrected chi connectivity index (χ2v) is 4.02. The van der Waals surface area contributed by atoms with Gasteiger partial charge in [-0.3, -0.25) is 4.79 Å². The second-order valence-electron chi connectivity index (χ2n) is 4.02. The van der Waals surface area contributed by atoms with Crippen LogP contribution in [0.4, 0.5) is 0 Å². The van der Waals surface area contributed by atoms with Crippen molar-refractivity contribution in [3.8, 4) is 0 Å². The fourth-order valence-electron chi connectivity index (χ4n) is 2.28. The van der Waals surface area contributed by atoms with Gasteiger partial charge in [0.05, 0.1) is 5.92 Å². The van der Waals surface area contributed by atoms with Gasteiger partial charge in [0.15, 0.2) is 0 Å². The van der Waals surface area contributed by atoms with E-state index >= 15 is 0 Å². The van der Waals surface area contributed by atoms with Crippen LogP contribution in [-0.4, -0.2) is 18.1 Å². The third kappa shape index (κ3) is 1.88. The van der Waals surface area contributed by atoms with Crippen molar-refractivity contribution >= 4 is 5.97 Å². The smallest absolute Gasteiger partial charge is 0.306 e. The Balaban J connectivity index is 2.34. The molecule has 80 valence electrons. The summed E-state index contributed by atoms with van der Waals surface area (Å²) in [5.41, 5.74) is 2.41. The number of carbonyl (C=O) groups is 1. The normalized spacial score (nSPS) is 24.6. The molecule has 15 heavy (non-hydrogen) atoms. The lowest BCUT2D eigenvalue weighted by Gasteiger charge is -2.29. The quantitative estimate of drug-likeness (QED) is 0.771. The van der Waals surface area contributed by atoms with Crippen molar-refractivity contribution in [2.24, 2.45) is 5.92 Å². The molecule has 0 aromatic heterocycles. The highest BCUT2D eigenvalue weighted by atomic mass is 16.4. The summed E-state index contributed by atoms with van der Waals surface area (Å²) in [5.74, 6) is -0.942. The summed E-state index contributed by atoms with van der Waals surface area (Å²) in [6.07, 6.45) is 1.34. The minimum atomic E-state index is -0.690. The van der Waals surface area contributed by atoms with Gasteiger partial charge < -0.3 is 10.4 Å². The van der Waals surface area contributed by atoms with Gasteiger partial charge in [0.2, 0.25) is 0 Å². The number of hydrogen-bond acceptors (Lipinski definition) is 2. The monoisotopic (exact) mass is 205 g/mol. The summed E-state index contributed by atoms with van der Waals surface area (Å²) in [6.45, 7) is 0. The summed E-state index contributed by atoms with van der Waals surface area (Å²) in [5, 5.41) is 12.2. The Kier molecular flexibility index (Phi) is 2.73. The zero-order chi connectivity index (χ0) is 10.8. The van der Waals surface area contributed by atoms with Crippen LogP contribution in [0.25, 0.3) is 0 Å². The molecule has 0 fully saturated rings. The Bertz CT molecular complexity index is 376. The van der Waals surface area contributed by atoms with E-state index in [2.05, 4.69) is 11.4 Å². The molecule has 1 aliphatic rings. The average molecular weight is 205 g/mol. The first kappa shape index (κ1) is 10.2. The molecule has 1 aromatic carbocycles. The van der Waals surface area contributed by atoms with Crippen LogP contribution in [0.5, 0.6) is 0 Å². The topological polar surface area (TPSA) is 49.3 Å². The van der Waals surface area contributed by atoms with Crippen molar-refractivity contribution < 1.29 is 9.90 Å². The number of rotatable bonds is 2. The molecule has 3 heteroatoms. The van der Waals surface area contributed by atoms with Crippen molar-refractivity contribution in [1.29, 1.82) is 0 Å². The molecule has 0 aliphatic heterocycles. The Labute approximate surface area is 89.1 Å². The molecule has 0 amide bonds. The van der Waals surface area contributed by atoms with E-state index in [1.807, 2.05) is 25.2 Å². The van der Waals surface area contributed by atoms with Gasteiger partial charge in [0, 0.05) is 6.04 Å². The molecule has 1 aliphatic carbocycles. The minimum absolute atomic E-state index is 0.177. The number of carboxylic acid groups (broad SMARTS) is 1. The molecular weight excluding hydrogens is 190 g/mol. The summed E-state index contributed by atoms with van der Waals surface area (Å²) < 4.78 is 0. The van der Waals surface area contributed by atoms with Crippen molar-refractivity contribution in [3.63, 3.8) is 0 Å². The van der Waals surface area contributed by atoms with Gasteiger partial charge in [-0.2, -0.15) is 0 Å². The van der Waals surface area contributed by atoms with E-state index in [0.29, 0.717) is 12.8 Å². The fraction of sp³-hybridized carbons (Fsp3) is 0.417. The molecule has 0 spiro atoms. The number of fused-ring (bicyclic) bond motifs is 1.